The van der Waals surface area contributed by atoms with Gasteiger partial charge in [0.15, 0.2) is 5.78 Å². The average Bonchev–Trinajstić information content (AvgIpc) is 3.39. The number of carboxylic acids is 1. The highest BCUT2D eigenvalue weighted by Gasteiger charge is 2.71. The second-order valence-electron chi connectivity index (χ2n) is 20.4. The number of carboxylic acid groups (broad SMARTS) is 1. The Morgan fingerprint density at radius 2 is 1.60 bits per heavy atom. The molecule has 55 heavy (non-hydrogen) atoms. The number of rotatable bonds is 11. The maximum Gasteiger partial charge on any atom is 0.309 e. The molecule has 0 aromatic heterocycles. The Labute approximate surface area is 334 Å². The Bertz CT molecular complexity index is 1730. The summed E-state index contributed by atoms with van der Waals surface area (Å²) in [7, 11) is 0. The predicted molar refractivity (Wildman–Crippen MR) is 214 cm³/mol. The van der Waals surface area contributed by atoms with Gasteiger partial charge in [0.1, 0.15) is 12.2 Å². The molecule has 0 amide bonds. The summed E-state index contributed by atoms with van der Waals surface area (Å²) in [6.45, 7) is 22.1. The van der Waals surface area contributed by atoms with Gasteiger partial charge in [-0.15, -0.1) is 0 Å². The van der Waals surface area contributed by atoms with E-state index in [0.29, 0.717) is 36.4 Å². The van der Waals surface area contributed by atoms with Crippen molar-refractivity contribution in [3.63, 3.8) is 0 Å². The summed E-state index contributed by atoms with van der Waals surface area (Å²) in [5.41, 5.74) is 1.37. The van der Waals surface area contributed by atoms with E-state index in [-0.39, 0.29) is 57.8 Å². The van der Waals surface area contributed by atoms with Crippen molar-refractivity contribution in [3.8, 4) is 0 Å². The minimum Gasteiger partial charge on any atom is -0.481 e. The molecule has 5 aliphatic carbocycles. The van der Waals surface area contributed by atoms with E-state index in [1.54, 1.807) is 13.8 Å². The number of carbonyl (C=O) groups is 4. The number of hydrogen-bond donors (Lipinski definition) is 2. The van der Waals surface area contributed by atoms with Gasteiger partial charge in [-0.25, -0.2) is 0 Å². The third-order valence-corrected chi connectivity index (χ3v) is 16.6. The number of esters is 2. The molecule has 1 aromatic carbocycles. The highest BCUT2D eigenvalue weighted by atomic mass is 35.5. The Morgan fingerprint density at radius 1 is 0.927 bits per heavy atom. The molecule has 304 valence electrons. The first-order valence-corrected chi connectivity index (χ1v) is 21.2. The second kappa shape index (κ2) is 14.6. The molecule has 0 spiro atoms. The summed E-state index contributed by atoms with van der Waals surface area (Å²) >= 11 is 6.14. The van der Waals surface area contributed by atoms with E-state index in [1.807, 2.05) is 24.3 Å². The number of Topliss-reactive ketones (excluding diaryl/α,β-unsaturated/α-hetero) is 1. The Hall–Kier alpha value is -2.71. The van der Waals surface area contributed by atoms with Gasteiger partial charge < -0.3 is 19.9 Å². The number of allylic oxidation sites excluding steroid dienone is 1. The fraction of sp³-hybridized carbons (Fsp3) is 0.739. The van der Waals surface area contributed by atoms with Crippen LogP contribution in [0, 0.1) is 56.2 Å². The zero-order valence-electron chi connectivity index (χ0n) is 35.0. The normalized spacial score (nSPS) is 36.0. The highest BCUT2D eigenvalue weighted by molar-refractivity contribution is 6.30. The van der Waals surface area contributed by atoms with Crippen molar-refractivity contribution < 1.29 is 33.8 Å². The molecule has 0 heterocycles. The second-order valence-corrected chi connectivity index (χ2v) is 20.8. The number of aliphatic carboxylic acids is 1. The van der Waals surface area contributed by atoms with Crippen LogP contribution in [0.2, 0.25) is 5.02 Å². The van der Waals surface area contributed by atoms with Crippen LogP contribution >= 0.6 is 11.6 Å². The topological polar surface area (TPSA) is 119 Å². The largest absolute Gasteiger partial charge is 0.481 e. The predicted octanol–water partition coefficient (Wildman–Crippen LogP) is 9.75. The third kappa shape index (κ3) is 6.91. The van der Waals surface area contributed by atoms with Crippen LogP contribution in [0.1, 0.15) is 139 Å². The lowest BCUT2D eigenvalue weighted by Crippen LogP contribution is -2.66. The van der Waals surface area contributed by atoms with Gasteiger partial charge in [0, 0.05) is 42.3 Å². The van der Waals surface area contributed by atoms with Gasteiger partial charge in [-0.05, 0) is 134 Å². The van der Waals surface area contributed by atoms with E-state index >= 15 is 0 Å². The zero-order valence-corrected chi connectivity index (χ0v) is 35.8. The highest BCUT2D eigenvalue weighted by Crippen LogP contribution is 2.77. The van der Waals surface area contributed by atoms with Crippen LogP contribution < -0.4 is 5.32 Å². The first kappa shape index (κ1) is 41.9. The molecule has 8 nitrogen and oxygen atoms in total. The number of hydrogen-bond acceptors (Lipinski definition) is 7. The lowest BCUT2D eigenvalue weighted by molar-refractivity contribution is -0.235. The molecule has 0 radical (unpaired) electrons. The summed E-state index contributed by atoms with van der Waals surface area (Å²) in [6.07, 6.45) is 7.14. The molecule has 4 fully saturated rings. The molecule has 5 aliphatic rings. The molecular formula is C46H66ClNO7. The van der Waals surface area contributed by atoms with Crippen LogP contribution in [0.15, 0.2) is 35.4 Å². The smallest absolute Gasteiger partial charge is 0.309 e. The van der Waals surface area contributed by atoms with Crippen LogP contribution in [-0.2, 0) is 35.2 Å². The minimum absolute atomic E-state index is 0.0168. The maximum atomic E-state index is 14.3. The molecule has 9 heteroatoms. The van der Waals surface area contributed by atoms with Crippen LogP contribution in [0.4, 0.5) is 0 Å². The van der Waals surface area contributed by atoms with Crippen LogP contribution in [0.3, 0.4) is 0 Å². The molecule has 4 saturated carbocycles. The molecule has 2 N–H and O–H groups in total. The number of nitrogens with one attached hydrogen (secondary N) is 1. The molecule has 0 aliphatic heterocycles. The maximum absolute atomic E-state index is 14.3. The van der Waals surface area contributed by atoms with Crippen molar-refractivity contribution in [2.45, 2.75) is 152 Å². The van der Waals surface area contributed by atoms with Gasteiger partial charge in [-0.3, -0.25) is 19.2 Å². The number of fused-ring (bicyclic) bond motifs is 7. The number of halogens is 1. The SMILES string of the molecule is CC(=O)O[C@H](CNCc1ccc(Cl)cc1)[C@@]12CC[C@]3(C)[C@H](CC[C@@H]4[C@@]5(C)CC[C@H](OC(=O)CC(C)(C)C(=O)O)C(C)(C)C5CC[C@]43C)C1=C(C(C)C)C(=O)C2. The van der Waals surface area contributed by atoms with Gasteiger partial charge in [0.2, 0.25) is 0 Å². The Kier molecular flexibility index (Phi) is 11.1. The lowest BCUT2D eigenvalue weighted by atomic mass is 9.33. The Morgan fingerprint density at radius 3 is 2.22 bits per heavy atom. The number of ether oxygens (including phenoxy) is 2. The quantitative estimate of drug-likeness (QED) is 0.213. The molecule has 0 bridgehead atoms. The van der Waals surface area contributed by atoms with E-state index in [2.05, 4.69) is 53.8 Å². The van der Waals surface area contributed by atoms with Gasteiger partial charge in [-0.1, -0.05) is 72.2 Å². The van der Waals surface area contributed by atoms with Crippen LogP contribution in [-0.4, -0.2) is 47.6 Å². The summed E-state index contributed by atoms with van der Waals surface area (Å²) < 4.78 is 12.5. The van der Waals surface area contributed by atoms with E-state index < -0.39 is 28.9 Å². The van der Waals surface area contributed by atoms with E-state index in [4.69, 9.17) is 21.1 Å². The van der Waals surface area contributed by atoms with Crippen molar-refractivity contribution in [1.82, 2.24) is 5.32 Å². The first-order chi connectivity index (χ1) is 25.5. The minimum atomic E-state index is -1.18. The fourth-order valence-corrected chi connectivity index (χ4v) is 13.5. The molecule has 6 rings (SSSR count). The molecule has 1 unspecified atom stereocenters. The van der Waals surface area contributed by atoms with Gasteiger partial charge >= 0.3 is 17.9 Å². The van der Waals surface area contributed by atoms with Crippen molar-refractivity contribution in [1.29, 1.82) is 0 Å². The first-order valence-electron chi connectivity index (χ1n) is 20.9. The number of ketones is 1. The fourth-order valence-electron chi connectivity index (χ4n) is 13.4. The van der Waals surface area contributed by atoms with E-state index in [0.717, 1.165) is 62.5 Å². The van der Waals surface area contributed by atoms with E-state index in [1.165, 1.54) is 12.5 Å². The third-order valence-electron chi connectivity index (χ3n) is 16.4. The van der Waals surface area contributed by atoms with Crippen molar-refractivity contribution in [2.24, 2.45) is 56.2 Å². The summed E-state index contributed by atoms with van der Waals surface area (Å²) in [4.78, 5) is 52.0. The summed E-state index contributed by atoms with van der Waals surface area (Å²) in [6, 6.07) is 7.76. The molecular weight excluding hydrogens is 714 g/mol. The molecule has 9 atom stereocenters. The average molecular weight is 780 g/mol. The standard InChI is InChI=1S/C46H66ClNO7/c1-27(2)38-32(50)23-46(36(54-28(3)49)26-48-25-29-11-13-30(47)14-12-29)22-21-44(9)31(39(38)46)15-16-34-43(8)19-18-35(55-37(51)24-41(4,5)40(52)53)42(6,7)33(43)17-20-45(34,44)10/h11-14,27,31,33-36,48H,15-26H2,1-10H3,(H,52,53)/t31-,33?,34-,35+,36-,43+,44-,45-,46+/m1/s1. The van der Waals surface area contributed by atoms with Crippen LogP contribution in [0.25, 0.3) is 0 Å². The van der Waals surface area contributed by atoms with Crippen molar-refractivity contribution in [2.75, 3.05) is 6.54 Å². The lowest BCUT2D eigenvalue weighted by Gasteiger charge is -2.72. The van der Waals surface area contributed by atoms with Crippen molar-refractivity contribution in [3.05, 3.63) is 46.0 Å². The van der Waals surface area contributed by atoms with Gasteiger partial charge in [0.25, 0.3) is 0 Å². The van der Waals surface area contributed by atoms with Crippen LogP contribution in [0.5, 0.6) is 0 Å². The number of carbonyl (C=O) groups excluding carboxylic acids is 3. The number of benzene rings is 1. The summed E-state index contributed by atoms with van der Waals surface area (Å²) in [5.74, 6) is -0.439. The summed E-state index contributed by atoms with van der Waals surface area (Å²) in [5, 5.41) is 13.9. The molecule has 0 saturated heterocycles. The van der Waals surface area contributed by atoms with Gasteiger partial charge in [0.05, 0.1) is 11.8 Å². The van der Waals surface area contributed by atoms with Crippen molar-refractivity contribution >= 4 is 35.3 Å². The van der Waals surface area contributed by atoms with Gasteiger partial charge in [-0.2, -0.15) is 0 Å². The van der Waals surface area contributed by atoms with E-state index in [9.17, 15) is 24.3 Å². The Balaban J connectivity index is 1.30. The zero-order chi connectivity index (χ0) is 40.5. The molecule has 1 aromatic rings. The monoisotopic (exact) mass is 779 g/mol.